The molecule has 4 N–H and O–H groups in total. The lowest BCUT2D eigenvalue weighted by molar-refractivity contribution is -0.913. The van der Waals surface area contributed by atoms with Gasteiger partial charge in [0.15, 0.2) is 5.01 Å². The topological polar surface area (TPSA) is 89.5 Å². The Morgan fingerprint density at radius 1 is 1.31 bits per heavy atom. The number of thiazole rings is 1. The number of anilines is 1. The van der Waals surface area contributed by atoms with Crippen LogP contribution in [0.3, 0.4) is 0 Å². The molecule has 0 aliphatic carbocycles. The summed E-state index contributed by atoms with van der Waals surface area (Å²) < 4.78 is 0.959. The quantitative estimate of drug-likeness (QED) is 0.636. The number of nitrogens with one attached hydrogen (secondary N) is 2. The van der Waals surface area contributed by atoms with Gasteiger partial charge in [-0.15, -0.1) is 22.7 Å². The molecule has 1 unspecified atom stereocenters. The Balaban J connectivity index is 1.66. The van der Waals surface area contributed by atoms with Crippen molar-refractivity contribution in [2.75, 3.05) is 18.4 Å². The van der Waals surface area contributed by atoms with Crippen LogP contribution >= 0.6 is 22.7 Å². The van der Waals surface area contributed by atoms with Crippen LogP contribution in [0.5, 0.6) is 0 Å². The summed E-state index contributed by atoms with van der Waals surface area (Å²) >= 11 is 2.80. The number of primary amides is 1. The number of quaternary nitrogens is 1. The lowest BCUT2D eigenvalue weighted by Gasteiger charge is -2.22. The summed E-state index contributed by atoms with van der Waals surface area (Å²) in [5.41, 5.74) is 7.89. The normalized spacial score (nSPS) is 16.4. The first-order valence-corrected chi connectivity index (χ1v) is 10.1. The second-order valence-corrected chi connectivity index (χ2v) is 8.43. The maximum Gasteiger partial charge on any atom is 0.285 e. The lowest BCUT2D eigenvalue weighted by atomic mass is 10.0. The van der Waals surface area contributed by atoms with E-state index in [1.165, 1.54) is 27.6 Å². The van der Waals surface area contributed by atoms with E-state index in [-0.39, 0.29) is 5.91 Å². The number of rotatable bonds is 4. The Morgan fingerprint density at radius 2 is 2.12 bits per heavy atom. The number of hydrogen-bond acceptors (Lipinski definition) is 5. The molecule has 0 saturated carbocycles. The number of carbonyl (C=O) groups is 2. The molecular formula is C18H19N4O2S2+. The summed E-state index contributed by atoms with van der Waals surface area (Å²) in [5, 5.41) is 3.81. The van der Waals surface area contributed by atoms with Crippen LogP contribution < -0.4 is 16.0 Å². The number of hydrogen-bond donors (Lipinski definition) is 3. The van der Waals surface area contributed by atoms with Crippen LogP contribution in [0.15, 0.2) is 24.3 Å². The molecule has 4 rings (SSSR count). The molecule has 0 fully saturated rings. The number of nitrogens with zero attached hydrogens (tertiary/aromatic N) is 1. The molecule has 1 aliphatic rings. The van der Waals surface area contributed by atoms with Crippen molar-refractivity contribution in [3.63, 3.8) is 0 Å². The van der Waals surface area contributed by atoms with E-state index >= 15 is 0 Å². The van der Waals surface area contributed by atoms with E-state index in [0.717, 1.165) is 46.7 Å². The summed E-state index contributed by atoms with van der Waals surface area (Å²) in [6, 6.07) is 7.63. The summed E-state index contributed by atoms with van der Waals surface area (Å²) in [5.74, 6) is -0.783. The van der Waals surface area contributed by atoms with Gasteiger partial charge in [0.2, 0.25) is 0 Å². The minimum absolute atomic E-state index is 0.299. The minimum Gasteiger partial charge on any atom is -0.365 e. The molecule has 2 aromatic heterocycles. The highest BCUT2D eigenvalue weighted by Gasteiger charge is 2.29. The highest BCUT2D eigenvalue weighted by atomic mass is 32.1. The third-order valence-corrected chi connectivity index (χ3v) is 6.87. The van der Waals surface area contributed by atoms with Gasteiger partial charge in [-0.2, -0.15) is 0 Å². The molecule has 134 valence electrons. The molecule has 1 aromatic carbocycles. The zero-order valence-corrected chi connectivity index (χ0v) is 15.9. The van der Waals surface area contributed by atoms with Gasteiger partial charge in [-0.3, -0.25) is 9.59 Å². The minimum atomic E-state index is -0.484. The van der Waals surface area contributed by atoms with Crippen LogP contribution in [0, 0.1) is 0 Å². The molecular weight excluding hydrogens is 368 g/mol. The van der Waals surface area contributed by atoms with E-state index in [1.54, 1.807) is 0 Å². The third kappa shape index (κ3) is 3.00. The van der Waals surface area contributed by atoms with Crippen molar-refractivity contribution in [3.05, 3.63) is 45.3 Å². The van der Waals surface area contributed by atoms with Gasteiger partial charge >= 0.3 is 0 Å². The number of aromatic nitrogens is 1. The van der Waals surface area contributed by atoms with E-state index in [0.29, 0.717) is 15.6 Å². The number of nitrogens with two attached hydrogens (primary N) is 1. The molecule has 3 heterocycles. The fourth-order valence-electron chi connectivity index (χ4n) is 3.31. The van der Waals surface area contributed by atoms with Gasteiger partial charge in [-0.25, -0.2) is 4.98 Å². The molecule has 0 radical (unpaired) electrons. The van der Waals surface area contributed by atoms with Gasteiger partial charge in [0, 0.05) is 6.42 Å². The van der Waals surface area contributed by atoms with Crippen molar-refractivity contribution in [1.29, 1.82) is 0 Å². The summed E-state index contributed by atoms with van der Waals surface area (Å²) in [7, 11) is 0. The number of carbonyl (C=O) groups excluding carboxylic acids is 2. The Morgan fingerprint density at radius 3 is 2.85 bits per heavy atom. The molecule has 0 bridgehead atoms. The molecule has 1 aliphatic heterocycles. The standard InChI is InChI=1S/C18H18N4O2S2/c1-2-22-8-7-10-13(9-22)26-17(14(10)15(19)23)21-16(24)18-20-11-5-3-4-6-12(11)25-18/h3-6H,2,7-9H2,1H3,(H2,19,23)(H,21,24)/p+1. The van der Waals surface area contributed by atoms with E-state index in [1.807, 2.05) is 24.3 Å². The maximum absolute atomic E-state index is 12.7. The monoisotopic (exact) mass is 387 g/mol. The number of likely N-dealkylation sites (N-methyl/N-ethyl adjacent to an activating group) is 1. The molecule has 0 spiro atoms. The average Bonchev–Trinajstić information content (AvgIpc) is 3.21. The molecule has 3 aromatic rings. The van der Waals surface area contributed by atoms with E-state index in [2.05, 4.69) is 17.2 Å². The van der Waals surface area contributed by atoms with E-state index in [9.17, 15) is 9.59 Å². The predicted octanol–water partition coefficient (Wildman–Crippen LogP) is 1.67. The Hall–Kier alpha value is -2.29. The van der Waals surface area contributed by atoms with Gasteiger partial charge in [-0.05, 0) is 24.6 Å². The van der Waals surface area contributed by atoms with Gasteiger partial charge < -0.3 is 16.0 Å². The van der Waals surface area contributed by atoms with Crippen LogP contribution in [0.4, 0.5) is 5.00 Å². The van der Waals surface area contributed by atoms with Crippen molar-refractivity contribution < 1.29 is 14.5 Å². The first-order valence-electron chi connectivity index (χ1n) is 8.51. The van der Waals surface area contributed by atoms with Crippen molar-refractivity contribution in [3.8, 4) is 0 Å². The van der Waals surface area contributed by atoms with Crippen LogP contribution in [0.1, 0.15) is 37.5 Å². The Bertz CT molecular complexity index is 975. The van der Waals surface area contributed by atoms with Crippen molar-refractivity contribution in [2.45, 2.75) is 19.9 Å². The summed E-state index contributed by atoms with van der Waals surface area (Å²) in [6.45, 7) is 5.04. The molecule has 2 amide bonds. The highest BCUT2D eigenvalue weighted by Crippen LogP contribution is 2.35. The lowest BCUT2D eigenvalue weighted by Crippen LogP contribution is -3.11. The van der Waals surface area contributed by atoms with Crippen molar-refractivity contribution >= 4 is 49.7 Å². The Labute approximate surface area is 158 Å². The van der Waals surface area contributed by atoms with Crippen LogP contribution in [-0.4, -0.2) is 29.9 Å². The number of para-hydroxylation sites is 1. The third-order valence-electron chi connectivity index (χ3n) is 4.69. The molecule has 1 atom stereocenters. The number of fused-ring (bicyclic) bond motifs is 2. The van der Waals surface area contributed by atoms with Crippen molar-refractivity contribution in [1.82, 2.24) is 4.98 Å². The van der Waals surface area contributed by atoms with Gasteiger partial charge in [0.1, 0.15) is 11.5 Å². The molecule has 8 heteroatoms. The molecule has 26 heavy (non-hydrogen) atoms. The second kappa shape index (κ2) is 6.79. The SMILES string of the molecule is CC[NH+]1CCc2c(sc(NC(=O)c3nc4ccccc4s3)c2C(N)=O)C1. The van der Waals surface area contributed by atoms with Crippen molar-refractivity contribution in [2.24, 2.45) is 5.73 Å². The second-order valence-electron chi connectivity index (χ2n) is 6.29. The van der Waals surface area contributed by atoms with E-state index in [4.69, 9.17) is 5.73 Å². The zero-order valence-electron chi connectivity index (χ0n) is 14.3. The molecule has 0 saturated heterocycles. The van der Waals surface area contributed by atoms with Crippen LogP contribution in [0.25, 0.3) is 10.2 Å². The van der Waals surface area contributed by atoms with Gasteiger partial charge in [-0.1, -0.05) is 12.1 Å². The maximum atomic E-state index is 12.7. The first kappa shape index (κ1) is 17.1. The fraction of sp³-hybridized carbons (Fsp3) is 0.278. The Kier molecular flexibility index (Phi) is 4.47. The molecule has 6 nitrogen and oxygen atoms in total. The van der Waals surface area contributed by atoms with Crippen LogP contribution in [-0.2, 0) is 13.0 Å². The summed E-state index contributed by atoms with van der Waals surface area (Å²) in [4.78, 5) is 31.7. The number of thiophene rings is 1. The zero-order chi connectivity index (χ0) is 18.3. The predicted molar refractivity (Wildman–Crippen MR) is 104 cm³/mol. The van der Waals surface area contributed by atoms with Gasteiger partial charge in [0.25, 0.3) is 11.8 Å². The largest absolute Gasteiger partial charge is 0.365 e. The fourth-order valence-corrected chi connectivity index (χ4v) is 5.49. The van der Waals surface area contributed by atoms with Crippen LogP contribution in [0.2, 0.25) is 0 Å². The summed E-state index contributed by atoms with van der Waals surface area (Å²) in [6.07, 6.45) is 0.810. The number of amides is 2. The number of benzene rings is 1. The van der Waals surface area contributed by atoms with E-state index < -0.39 is 5.91 Å². The smallest absolute Gasteiger partial charge is 0.285 e. The highest BCUT2D eigenvalue weighted by molar-refractivity contribution is 7.20. The first-order chi connectivity index (χ1) is 12.6. The van der Waals surface area contributed by atoms with Gasteiger partial charge in [0.05, 0.1) is 33.7 Å². The average molecular weight is 388 g/mol.